The molecule has 0 bridgehead atoms. The number of hydrogen-bond donors (Lipinski definition) is 2. The molecule has 0 radical (unpaired) electrons. The number of rotatable bonds is 4. The van der Waals surface area contributed by atoms with Gasteiger partial charge in [0.2, 0.25) is 0 Å². The third-order valence-electron chi connectivity index (χ3n) is 3.85. The summed E-state index contributed by atoms with van der Waals surface area (Å²) in [5.74, 6) is 0. The van der Waals surface area contributed by atoms with Gasteiger partial charge in [-0.2, -0.15) is 0 Å². The molecule has 1 aromatic carbocycles. The van der Waals surface area contributed by atoms with E-state index in [1.807, 2.05) is 0 Å². The molecule has 4 nitrogen and oxygen atoms in total. The van der Waals surface area contributed by atoms with E-state index in [2.05, 4.69) is 60.4 Å². The molecule has 1 aliphatic heterocycles. The quantitative estimate of drug-likeness (QED) is 0.845. The van der Waals surface area contributed by atoms with Crippen LogP contribution < -0.4 is 16.0 Å². The Kier molecular flexibility index (Phi) is 4.45. The third-order valence-corrected chi connectivity index (χ3v) is 3.85. The molecule has 0 aromatic heterocycles. The number of anilines is 1. The molecule has 1 saturated heterocycles. The highest BCUT2D eigenvalue weighted by atomic mass is 15.3. The third kappa shape index (κ3) is 3.69. The average Bonchev–Trinajstić information content (AvgIpc) is 2.40. The SMILES string of the molecule is CN(C)c1ccc(CC(C)(N)N2CCNCC2)cc1. The summed E-state index contributed by atoms with van der Waals surface area (Å²) < 4.78 is 0. The zero-order valence-corrected chi connectivity index (χ0v) is 12.3. The second-order valence-electron chi connectivity index (χ2n) is 5.83. The van der Waals surface area contributed by atoms with E-state index in [9.17, 15) is 0 Å². The molecule has 19 heavy (non-hydrogen) atoms. The van der Waals surface area contributed by atoms with Crippen LogP contribution in [0.15, 0.2) is 24.3 Å². The van der Waals surface area contributed by atoms with Crippen LogP contribution in [0.25, 0.3) is 0 Å². The lowest BCUT2D eigenvalue weighted by Crippen LogP contribution is -2.60. The number of nitrogens with zero attached hydrogens (tertiary/aromatic N) is 2. The highest BCUT2D eigenvalue weighted by molar-refractivity contribution is 5.46. The van der Waals surface area contributed by atoms with Gasteiger partial charge in [0.15, 0.2) is 0 Å². The molecule has 2 rings (SSSR count). The molecule has 1 atom stereocenters. The molecule has 1 aliphatic rings. The molecule has 3 N–H and O–H groups in total. The van der Waals surface area contributed by atoms with Crippen molar-refractivity contribution < 1.29 is 0 Å². The van der Waals surface area contributed by atoms with Gasteiger partial charge in [0.25, 0.3) is 0 Å². The summed E-state index contributed by atoms with van der Waals surface area (Å²) in [5, 5.41) is 3.37. The molecule has 1 unspecified atom stereocenters. The fraction of sp³-hybridized carbons (Fsp3) is 0.600. The predicted octanol–water partition coefficient (Wildman–Crippen LogP) is 0.875. The van der Waals surface area contributed by atoms with Crippen LogP contribution in [0.4, 0.5) is 5.69 Å². The zero-order valence-electron chi connectivity index (χ0n) is 12.3. The van der Waals surface area contributed by atoms with Gasteiger partial charge < -0.3 is 16.0 Å². The van der Waals surface area contributed by atoms with Crippen LogP contribution in [0.1, 0.15) is 12.5 Å². The molecule has 106 valence electrons. The first-order valence-electron chi connectivity index (χ1n) is 7.00. The molecule has 0 spiro atoms. The summed E-state index contributed by atoms with van der Waals surface area (Å²) in [4.78, 5) is 4.49. The Labute approximate surface area is 116 Å². The summed E-state index contributed by atoms with van der Waals surface area (Å²) in [5.41, 5.74) is 8.77. The minimum Gasteiger partial charge on any atom is -0.378 e. The molecule has 1 fully saturated rings. The molecule has 1 aromatic rings. The summed E-state index contributed by atoms with van der Waals surface area (Å²) in [6.45, 7) is 6.27. The van der Waals surface area contributed by atoms with E-state index in [-0.39, 0.29) is 5.66 Å². The zero-order chi connectivity index (χ0) is 13.9. The predicted molar refractivity (Wildman–Crippen MR) is 81.5 cm³/mol. The highest BCUT2D eigenvalue weighted by Gasteiger charge is 2.28. The molecule has 0 aliphatic carbocycles. The number of nitrogens with two attached hydrogens (primary N) is 1. The first-order chi connectivity index (χ1) is 8.99. The van der Waals surface area contributed by atoms with Gasteiger partial charge in [-0.1, -0.05) is 12.1 Å². The van der Waals surface area contributed by atoms with E-state index in [4.69, 9.17) is 5.73 Å². The molecule has 0 amide bonds. The van der Waals surface area contributed by atoms with Crippen molar-refractivity contribution in [1.29, 1.82) is 0 Å². The van der Waals surface area contributed by atoms with Crippen molar-refractivity contribution in [2.75, 3.05) is 45.2 Å². The molecule has 4 heteroatoms. The number of hydrogen-bond acceptors (Lipinski definition) is 4. The maximum atomic E-state index is 6.51. The van der Waals surface area contributed by atoms with Crippen molar-refractivity contribution in [3.8, 4) is 0 Å². The number of benzene rings is 1. The summed E-state index contributed by atoms with van der Waals surface area (Å²) in [6, 6.07) is 8.68. The topological polar surface area (TPSA) is 44.5 Å². The van der Waals surface area contributed by atoms with Crippen LogP contribution in [0.5, 0.6) is 0 Å². The van der Waals surface area contributed by atoms with Gasteiger partial charge in [-0.25, -0.2) is 0 Å². The first-order valence-corrected chi connectivity index (χ1v) is 7.00. The second kappa shape index (κ2) is 5.90. The lowest BCUT2D eigenvalue weighted by Gasteiger charge is -2.41. The Bertz CT molecular complexity index is 391. The van der Waals surface area contributed by atoms with E-state index < -0.39 is 0 Å². The van der Waals surface area contributed by atoms with Crippen molar-refractivity contribution in [2.45, 2.75) is 19.0 Å². The van der Waals surface area contributed by atoms with Crippen LogP contribution in [0.3, 0.4) is 0 Å². The van der Waals surface area contributed by atoms with Gasteiger partial charge in [-0.3, -0.25) is 4.90 Å². The van der Waals surface area contributed by atoms with Crippen molar-refractivity contribution in [3.05, 3.63) is 29.8 Å². The Morgan fingerprint density at radius 2 is 1.79 bits per heavy atom. The van der Waals surface area contributed by atoms with E-state index in [1.54, 1.807) is 0 Å². The molecular weight excluding hydrogens is 236 g/mol. The van der Waals surface area contributed by atoms with Gasteiger partial charge in [-0.15, -0.1) is 0 Å². The van der Waals surface area contributed by atoms with Crippen molar-refractivity contribution in [1.82, 2.24) is 10.2 Å². The van der Waals surface area contributed by atoms with Gasteiger partial charge in [0.1, 0.15) is 0 Å². The fourth-order valence-electron chi connectivity index (χ4n) is 2.61. The normalized spacial score (nSPS) is 20.0. The fourth-order valence-corrected chi connectivity index (χ4v) is 2.61. The summed E-state index contributed by atoms with van der Waals surface area (Å²) in [6.07, 6.45) is 0.890. The van der Waals surface area contributed by atoms with Crippen LogP contribution in [-0.4, -0.2) is 50.8 Å². The second-order valence-corrected chi connectivity index (χ2v) is 5.83. The maximum absolute atomic E-state index is 6.51. The Morgan fingerprint density at radius 1 is 1.21 bits per heavy atom. The van der Waals surface area contributed by atoms with Crippen LogP contribution >= 0.6 is 0 Å². The first kappa shape index (κ1) is 14.3. The number of nitrogens with one attached hydrogen (secondary N) is 1. The van der Waals surface area contributed by atoms with E-state index in [0.29, 0.717) is 0 Å². The largest absolute Gasteiger partial charge is 0.378 e. The van der Waals surface area contributed by atoms with Crippen LogP contribution in [-0.2, 0) is 6.42 Å². The van der Waals surface area contributed by atoms with Gasteiger partial charge in [-0.05, 0) is 24.6 Å². The minimum absolute atomic E-state index is 0.262. The van der Waals surface area contributed by atoms with Crippen LogP contribution in [0.2, 0.25) is 0 Å². The van der Waals surface area contributed by atoms with E-state index in [0.717, 1.165) is 32.6 Å². The summed E-state index contributed by atoms with van der Waals surface area (Å²) >= 11 is 0. The average molecular weight is 262 g/mol. The lowest BCUT2D eigenvalue weighted by molar-refractivity contribution is 0.0932. The van der Waals surface area contributed by atoms with E-state index >= 15 is 0 Å². The van der Waals surface area contributed by atoms with Crippen molar-refractivity contribution >= 4 is 5.69 Å². The molecule has 1 heterocycles. The Balaban J connectivity index is 2.02. The molecular formula is C15H26N4. The van der Waals surface area contributed by atoms with Crippen molar-refractivity contribution in [3.63, 3.8) is 0 Å². The van der Waals surface area contributed by atoms with Gasteiger partial charge in [0.05, 0.1) is 5.66 Å². The van der Waals surface area contributed by atoms with Crippen molar-refractivity contribution in [2.24, 2.45) is 5.73 Å². The lowest BCUT2D eigenvalue weighted by atomic mass is 9.99. The Hall–Kier alpha value is -1.10. The van der Waals surface area contributed by atoms with Gasteiger partial charge in [0, 0.05) is 52.4 Å². The Morgan fingerprint density at radius 3 is 2.32 bits per heavy atom. The standard InChI is InChI=1S/C15H26N4/c1-15(16,19-10-8-17-9-11-19)12-13-4-6-14(7-5-13)18(2)3/h4-7,17H,8-12,16H2,1-3H3. The highest BCUT2D eigenvalue weighted by Crippen LogP contribution is 2.19. The molecule has 0 saturated carbocycles. The van der Waals surface area contributed by atoms with Crippen LogP contribution in [0, 0.1) is 0 Å². The monoisotopic (exact) mass is 262 g/mol. The minimum atomic E-state index is -0.262. The maximum Gasteiger partial charge on any atom is 0.0700 e. The van der Waals surface area contributed by atoms with E-state index in [1.165, 1.54) is 11.3 Å². The summed E-state index contributed by atoms with van der Waals surface area (Å²) in [7, 11) is 4.12. The van der Waals surface area contributed by atoms with Gasteiger partial charge >= 0.3 is 0 Å². The number of piperazine rings is 1. The smallest absolute Gasteiger partial charge is 0.0700 e.